The molecule has 1 fully saturated rings. The molecule has 1 aliphatic rings. The van der Waals surface area contributed by atoms with Crippen LogP contribution < -0.4 is 16.0 Å². The summed E-state index contributed by atoms with van der Waals surface area (Å²) in [7, 11) is 1.82. The highest BCUT2D eigenvalue weighted by Crippen LogP contribution is 2.29. The molecule has 3 aromatic rings. The topological polar surface area (TPSA) is 101 Å². The molecule has 3 N–H and O–H groups in total. The van der Waals surface area contributed by atoms with Crippen LogP contribution in [0.15, 0.2) is 55.1 Å². The van der Waals surface area contributed by atoms with Crippen LogP contribution in [-0.4, -0.2) is 32.6 Å². The first-order valence-electron chi connectivity index (χ1n) is 11.5. The summed E-state index contributed by atoms with van der Waals surface area (Å²) in [5.74, 6) is -0.632. The molecule has 2 heterocycles. The van der Waals surface area contributed by atoms with Gasteiger partial charge in [-0.15, -0.1) is 0 Å². The number of carbonyl (C=O) groups is 2. The molecule has 2 amide bonds. The summed E-state index contributed by atoms with van der Waals surface area (Å²) in [5.41, 5.74) is 2.10. The van der Waals surface area contributed by atoms with Crippen molar-refractivity contribution in [2.75, 3.05) is 5.32 Å². The fourth-order valence-electron chi connectivity index (χ4n) is 4.30. The Morgan fingerprint density at radius 1 is 1.21 bits per heavy atom. The predicted octanol–water partition coefficient (Wildman–Crippen LogP) is 3.69. The number of rotatable bonds is 9. The van der Waals surface area contributed by atoms with Crippen molar-refractivity contribution in [3.05, 3.63) is 72.1 Å². The zero-order valence-electron chi connectivity index (χ0n) is 19.1. The Morgan fingerprint density at radius 2 is 2.03 bits per heavy atom. The van der Waals surface area contributed by atoms with E-state index < -0.39 is 11.9 Å². The van der Waals surface area contributed by atoms with E-state index in [0.717, 1.165) is 37.4 Å². The highest BCUT2D eigenvalue weighted by molar-refractivity contribution is 5.98. The SMILES string of the molecule is Cn1cc(CNC(=O)[C@H](CC2CCCC2)NC(=O)c2cccc(Nc3ccncc3F)c2)cn1. The monoisotopic (exact) mass is 464 g/mol. The zero-order chi connectivity index (χ0) is 23.9. The van der Waals surface area contributed by atoms with Crippen LogP contribution in [0.2, 0.25) is 0 Å². The third-order valence-electron chi connectivity index (χ3n) is 6.07. The van der Waals surface area contributed by atoms with Crippen molar-refractivity contribution in [2.24, 2.45) is 13.0 Å². The van der Waals surface area contributed by atoms with Gasteiger partial charge in [-0.05, 0) is 36.6 Å². The van der Waals surface area contributed by atoms with Gasteiger partial charge in [-0.2, -0.15) is 5.10 Å². The van der Waals surface area contributed by atoms with E-state index in [4.69, 9.17) is 0 Å². The predicted molar refractivity (Wildman–Crippen MR) is 127 cm³/mol. The molecule has 178 valence electrons. The normalized spacial score (nSPS) is 14.5. The Balaban J connectivity index is 1.43. The van der Waals surface area contributed by atoms with E-state index in [1.807, 2.05) is 13.2 Å². The lowest BCUT2D eigenvalue weighted by Gasteiger charge is -2.21. The molecule has 1 aliphatic carbocycles. The summed E-state index contributed by atoms with van der Waals surface area (Å²) in [6, 6.07) is 7.64. The van der Waals surface area contributed by atoms with Crippen molar-refractivity contribution in [2.45, 2.75) is 44.7 Å². The Morgan fingerprint density at radius 3 is 2.76 bits per heavy atom. The molecule has 1 saturated carbocycles. The van der Waals surface area contributed by atoms with Gasteiger partial charge in [0, 0.05) is 42.8 Å². The van der Waals surface area contributed by atoms with Gasteiger partial charge in [0.25, 0.3) is 5.91 Å². The number of aryl methyl sites for hydroxylation is 1. The highest BCUT2D eigenvalue weighted by Gasteiger charge is 2.27. The molecule has 0 aliphatic heterocycles. The lowest BCUT2D eigenvalue weighted by Crippen LogP contribution is -2.47. The summed E-state index contributed by atoms with van der Waals surface area (Å²) < 4.78 is 15.6. The number of nitrogens with one attached hydrogen (secondary N) is 3. The van der Waals surface area contributed by atoms with Crippen LogP contribution in [0.25, 0.3) is 0 Å². The van der Waals surface area contributed by atoms with Crippen molar-refractivity contribution in [3.8, 4) is 0 Å². The van der Waals surface area contributed by atoms with Gasteiger partial charge < -0.3 is 16.0 Å². The maximum atomic E-state index is 13.9. The van der Waals surface area contributed by atoms with Gasteiger partial charge in [-0.1, -0.05) is 31.7 Å². The van der Waals surface area contributed by atoms with Crippen LogP contribution in [0.4, 0.5) is 15.8 Å². The number of benzene rings is 1. The van der Waals surface area contributed by atoms with Gasteiger partial charge >= 0.3 is 0 Å². The number of hydrogen-bond donors (Lipinski definition) is 3. The maximum absolute atomic E-state index is 13.9. The molecule has 0 unspecified atom stereocenters. The van der Waals surface area contributed by atoms with E-state index in [2.05, 4.69) is 26.0 Å². The number of anilines is 2. The lowest BCUT2D eigenvalue weighted by molar-refractivity contribution is -0.123. The first-order chi connectivity index (χ1) is 16.5. The van der Waals surface area contributed by atoms with E-state index >= 15 is 0 Å². The second kappa shape index (κ2) is 10.9. The molecule has 0 bridgehead atoms. The Bertz CT molecular complexity index is 1140. The molecular weight excluding hydrogens is 435 g/mol. The van der Waals surface area contributed by atoms with Crippen LogP contribution in [0, 0.1) is 11.7 Å². The third kappa shape index (κ3) is 6.18. The summed E-state index contributed by atoms with van der Waals surface area (Å²) >= 11 is 0. The number of carbonyl (C=O) groups excluding carboxylic acids is 2. The van der Waals surface area contributed by atoms with Crippen molar-refractivity contribution in [3.63, 3.8) is 0 Å². The molecule has 34 heavy (non-hydrogen) atoms. The molecule has 2 aromatic heterocycles. The number of hydrogen-bond acceptors (Lipinski definition) is 5. The minimum absolute atomic E-state index is 0.211. The summed E-state index contributed by atoms with van der Waals surface area (Å²) in [6.07, 6.45) is 11.2. The van der Waals surface area contributed by atoms with Crippen molar-refractivity contribution >= 4 is 23.2 Å². The fraction of sp³-hybridized carbons (Fsp3) is 0.360. The smallest absolute Gasteiger partial charge is 0.252 e. The van der Waals surface area contributed by atoms with Crippen LogP contribution in [-0.2, 0) is 18.4 Å². The molecule has 4 rings (SSSR count). The van der Waals surface area contributed by atoms with E-state index in [9.17, 15) is 14.0 Å². The van der Waals surface area contributed by atoms with Gasteiger partial charge in [0.05, 0.1) is 18.1 Å². The molecule has 0 radical (unpaired) electrons. The second-order valence-corrected chi connectivity index (χ2v) is 8.71. The number of amides is 2. The van der Waals surface area contributed by atoms with Crippen LogP contribution in [0.1, 0.15) is 48.0 Å². The molecule has 1 atom stereocenters. The van der Waals surface area contributed by atoms with Crippen LogP contribution in [0.5, 0.6) is 0 Å². The zero-order valence-corrected chi connectivity index (χ0v) is 19.1. The molecule has 0 spiro atoms. The van der Waals surface area contributed by atoms with E-state index in [-0.39, 0.29) is 17.5 Å². The molecule has 0 saturated heterocycles. The van der Waals surface area contributed by atoms with Gasteiger partial charge in [0.15, 0.2) is 5.82 Å². The van der Waals surface area contributed by atoms with Crippen LogP contribution >= 0.6 is 0 Å². The van der Waals surface area contributed by atoms with E-state index in [1.54, 1.807) is 35.1 Å². The van der Waals surface area contributed by atoms with Crippen molar-refractivity contribution in [1.29, 1.82) is 0 Å². The van der Waals surface area contributed by atoms with Gasteiger partial charge in [-0.25, -0.2) is 4.39 Å². The first-order valence-corrected chi connectivity index (χ1v) is 11.5. The maximum Gasteiger partial charge on any atom is 0.252 e. The molecule has 1 aromatic carbocycles. The number of nitrogens with zero attached hydrogens (tertiary/aromatic N) is 3. The molecule has 9 heteroatoms. The largest absolute Gasteiger partial charge is 0.353 e. The van der Waals surface area contributed by atoms with E-state index in [1.165, 1.54) is 12.3 Å². The van der Waals surface area contributed by atoms with Gasteiger partial charge in [-0.3, -0.25) is 19.3 Å². The Labute approximate surface area is 198 Å². The average molecular weight is 465 g/mol. The minimum atomic E-state index is -0.637. The summed E-state index contributed by atoms with van der Waals surface area (Å²) in [6.45, 7) is 0.348. The molecule has 8 nitrogen and oxygen atoms in total. The summed E-state index contributed by atoms with van der Waals surface area (Å²) in [4.78, 5) is 29.8. The quantitative estimate of drug-likeness (QED) is 0.448. The number of aromatic nitrogens is 3. The standard InChI is InChI=1S/C25H29FN6O2/c1-32-16-18(14-29-32)13-28-25(34)23(11-17-5-2-3-6-17)31-24(33)19-7-4-8-20(12-19)30-22-9-10-27-15-21(22)26/h4,7-10,12,14-17,23H,2-3,5-6,11,13H2,1H3,(H,27,30)(H,28,34)(H,31,33)/t23-/m0/s1. The highest BCUT2D eigenvalue weighted by atomic mass is 19.1. The Kier molecular flexibility index (Phi) is 7.51. The minimum Gasteiger partial charge on any atom is -0.353 e. The lowest BCUT2D eigenvalue weighted by atomic mass is 9.97. The van der Waals surface area contributed by atoms with E-state index in [0.29, 0.717) is 30.1 Å². The average Bonchev–Trinajstić information content (AvgIpc) is 3.50. The fourth-order valence-corrected chi connectivity index (χ4v) is 4.30. The third-order valence-corrected chi connectivity index (χ3v) is 6.07. The summed E-state index contributed by atoms with van der Waals surface area (Å²) in [5, 5.41) is 12.9. The number of pyridine rings is 1. The molecular formula is C25H29FN6O2. The first kappa shape index (κ1) is 23.4. The number of halogens is 1. The van der Waals surface area contributed by atoms with Gasteiger partial charge in [0.1, 0.15) is 6.04 Å². The Hall–Kier alpha value is -3.75. The van der Waals surface area contributed by atoms with Gasteiger partial charge in [0.2, 0.25) is 5.91 Å². The second-order valence-electron chi connectivity index (χ2n) is 8.71. The van der Waals surface area contributed by atoms with Crippen LogP contribution in [0.3, 0.4) is 0 Å². The van der Waals surface area contributed by atoms with Crippen molar-refractivity contribution < 1.29 is 14.0 Å². The van der Waals surface area contributed by atoms with Crippen molar-refractivity contribution in [1.82, 2.24) is 25.4 Å².